The normalized spacial score (nSPS) is 15.6. The maximum absolute atomic E-state index is 13.5. The van der Waals surface area contributed by atoms with Crippen molar-refractivity contribution in [1.82, 2.24) is 4.90 Å². The summed E-state index contributed by atoms with van der Waals surface area (Å²) in [7, 11) is 1.45. The van der Waals surface area contributed by atoms with Crippen LogP contribution in [0.2, 0.25) is 0 Å². The summed E-state index contributed by atoms with van der Waals surface area (Å²) in [5.74, 6) is 2.61. The highest BCUT2D eigenvalue weighted by molar-refractivity contribution is 6.06. The van der Waals surface area contributed by atoms with Crippen LogP contribution in [0.1, 0.15) is 61.9 Å². The number of rotatable bonds is 5. The lowest BCUT2D eigenvalue weighted by molar-refractivity contribution is 0.155. The number of phenols is 3. The topological polar surface area (TPSA) is 135 Å². The zero-order valence-electron chi connectivity index (χ0n) is 26.8. The van der Waals surface area contributed by atoms with Gasteiger partial charge < -0.3 is 39.2 Å². The number of nitrogens with zero attached hydrogens (tertiary/aromatic N) is 1. The molecule has 3 heterocycles. The lowest BCUT2D eigenvalue weighted by Gasteiger charge is -2.31. The molecule has 0 bridgehead atoms. The predicted octanol–water partition coefficient (Wildman–Crippen LogP) is 7.16. The van der Waals surface area contributed by atoms with Gasteiger partial charge in [-0.25, -0.2) is 9.59 Å². The lowest BCUT2D eigenvalue weighted by atomic mass is 9.86. The first kappa shape index (κ1) is 31.4. The van der Waals surface area contributed by atoms with Gasteiger partial charge in [-0.1, -0.05) is 23.8 Å². The van der Waals surface area contributed by atoms with Crippen molar-refractivity contribution >= 4 is 29.3 Å². The number of allylic oxidation sites excluding steroid dienone is 2. The van der Waals surface area contributed by atoms with E-state index in [2.05, 4.69) is 0 Å². The van der Waals surface area contributed by atoms with E-state index in [0.717, 1.165) is 16.7 Å². The summed E-state index contributed by atoms with van der Waals surface area (Å²) in [6.45, 7) is 8.25. The van der Waals surface area contributed by atoms with Gasteiger partial charge in [0, 0.05) is 36.3 Å². The fraction of sp³-hybridized carbons (Fsp3) is 0.270. The third-order valence-electron chi connectivity index (χ3n) is 8.35. The third-order valence-corrected chi connectivity index (χ3v) is 8.35. The molecule has 10 heteroatoms. The van der Waals surface area contributed by atoms with Crippen molar-refractivity contribution in [2.45, 2.75) is 46.1 Å². The molecule has 0 unspecified atom stereocenters. The lowest BCUT2D eigenvalue weighted by Crippen LogP contribution is -2.36. The van der Waals surface area contributed by atoms with E-state index < -0.39 is 11.7 Å². The Labute approximate surface area is 272 Å². The number of benzene rings is 3. The van der Waals surface area contributed by atoms with E-state index in [9.17, 15) is 24.9 Å². The van der Waals surface area contributed by atoms with Crippen molar-refractivity contribution < 1.29 is 43.9 Å². The maximum Gasteiger partial charge on any atom is 0.415 e. The Morgan fingerprint density at radius 2 is 1.83 bits per heavy atom. The monoisotopic (exact) mass is 637 g/mol. The maximum atomic E-state index is 13.5. The van der Waals surface area contributed by atoms with Crippen LogP contribution in [0.3, 0.4) is 0 Å². The van der Waals surface area contributed by atoms with Crippen LogP contribution < -0.4 is 18.9 Å². The van der Waals surface area contributed by atoms with Crippen LogP contribution in [-0.2, 0) is 11.2 Å². The number of ether oxygens (including phenoxy) is 4. The van der Waals surface area contributed by atoms with Crippen molar-refractivity contribution in [3.63, 3.8) is 0 Å². The number of fused-ring (bicyclic) bond motifs is 3. The highest BCUT2D eigenvalue weighted by Crippen LogP contribution is 2.55. The highest BCUT2D eigenvalue weighted by Gasteiger charge is 2.36. The summed E-state index contributed by atoms with van der Waals surface area (Å²) in [6, 6.07) is 7.76. The second kappa shape index (κ2) is 12.0. The Balaban J connectivity index is 1.38. The fourth-order valence-electron chi connectivity index (χ4n) is 5.95. The van der Waals surface area contributed by atoms with Crippen LogP contribution in [0.5, 0.6) is 46.0 Å². The SMILES string of the molecule is COc1c(OC(=O)N2CC=C(c3ccc(O)c(O)c3)CC2)cc2c(c1CC=C(C)C)C(=C=O)c1c(cc3c(c1O)C=CC(C)(C)O3)O2. The van der Waals surface area contributed by atoms with Gasteiger partial charge in [-0.3, -0.25) is 0 Å². The Morgan fingerprint density at radius 3 is 2.49 bits per heavy atom. The van der Waals surface area contributed by atoms with Gasteiger partial charge in [0.1, 0.15) is 34.5 Å². The Morgan fingerprint density at radius 1 is 1.06 bits per heavy atom. The minimum Gasteiger partial charge on any atom is -0.506 e. The Hall–Kier alpha value is -5.60. The molecule has 3 aromatic carbocycles. The summed E-state index contributed by atoms with van der Waals surface area (Å²) >= 11 is 0. The van der Waals surface area contributed by atoms with Gasteiger partial charge in [0.2, 0.25) is 0 Å². The molecule has 0 fully saturated rings. The van der Waals surface area contributed by atoms with Crippen molar-refractivity contribution in [2.24, 2.45) is 0 Å². The average molecular weight is 638 g/mol. The van der Waals surface area contributed by atoms with Crippen LogP contribution in [0.4, 0.5) is 4.79 Å². The minimum absolute atomic E-state index is 0.0853. The summed E-state index contributed by atoms with van der Waals surface area (Å²) in [6.07, 6.45) is 7.59. The first-order valence-corrected chi connectivity index (χ1v) is 15.2. The quantitative estimate of drug-likeness (QED) is 0.118. The summed E-state index contributed by atoms with van der Waals surface area (Å²) < 4.78 is 24.1. The molecule has 10 nitrogen and oxygen atoms in total. The smallest absolute Gasteiger partial charge is 0.415 e. The van der Waals surface area contributed by atoms with Crippen molar-refractivity contribution in [2.75, 3.05) is 20.2 Å². The second-order valence-electron chi connectivity index (χ2n) is 12.4. The molecule has 0 spiro atoms. The first-order chi connectivity index (χ1) is 22.4. The molecule has 0 saturated heterocycles. The van der Waals surface area contributed by atoms with Crippen molar-refractivity contribution in [3.8, 4) is 46.0 Å². The molecule has 0 aromatic heterocycles. The zero-order chi connectivity index (χ0) is 33.6. The number of aromatic hydroxyl groups is 3. The van der Waals surface area contributed by atoms with Crippen LogP contribution >= 0.6 is 0 Å². The number of carbonyl (C=O) groups is 1. The van der Waals surface area contributed by atoms with E-state index in [-0.39, 0.29) is 57.9 Å². The molecule has 0 saturated carbocycles. The van der Waals surface area contributed by atoms with Gasteiger partial charge in [0.05, 0.1) is 23.8 Å². The molecule has 0 atom stereocenters. The van der Waals surface area contributed by atoms with Crippen molar-refractivity contribution in [3.05, 3.63) is 82.0 Å². The van der Waals surface area contributed by atoms with Crippen LogP contribution in [-0.4, -0.2) is 58.1 Å². The van der Waals surface area contributed by atoms with Crippen molar-refractivity contribution in [1.29, 1.82) is 0 Å². The molecule has 3 N–H and O–H groups in total. The van der Waals surface area contributed by atoms with Gasteiger partial charge in [0.15, 0.2) is 23.0 Å². The van der Waals surface area contributed by atoms with Gasteiger partial charge >= 0.3 is 6.09 Å². The van der Waals surface area contributed by atoms with E-state index in [4.69, 9.17) is 18.9 Å². The molecule has 1 amide bonds. The first-order valence-electron chi connectivity index (χ1n) is 15.2. The molecule has 47 heavy (non-hydrogen) atoms. The molecule has 0 aliphatic carbocycles. The number of methoxy groups -OCH3 is 1. The molecule has 3 aliphatic heterocycles. The standard InChI is InChI=1S/C37H35NO9/c1-20(2)6-8-24-32-25(19-39)33-30(17-28-23(34(33)42)10-13-37(3,4)47-28)45-29(32)18-31(35(24)44-5)46-36(43)38-14-11-21(12-15-38)22-7-9-26(40)27(41)16-22/h6-7,9-11,13,16-18,40-42H,8,12,14-15H2,1-5H3. The van der Waals surface area contributed by atoms with Gasteiger partial charge in [-0.15, -0.1) is 0 Å². The largest absolute Gasteiger partial charge is 0.506 e. The number of hydrogen-bond acceptors (Lipinski definition) is 9. The number of carbonyl (C=O) groups excluding carboxylic acids is 2. The van der Waals surface area contributed by atoms with Crippen LogP contribution in [0, 0.1) is 0 Å². The molecule has 3 aliphatic rings. The highest BCUT2D eigenvalue weighted by atomic mass is 16.6. The zero-order valence-corrected chi connectivity index (χ0v) is 26.8. The fourth-order valence-corrected chi connectivity index (χ4v) is 5.95. The average Bonchev–Trinajstić information content (AvgIpc) is 3.03. The molecular weight excluding hydrogens is 602 g/mol. The van der Waals surface area contributed by atoms with E-state index in [1.54, 1.807) is 18.2 Å². The predicted molar refractivity (Wildman–Crippen MR) is 176 cm³/mol. The molecule has 0 radical (unpaired) electrons. The summed E-state index contributed by atoms with van der Waals surface area (Å²) in [5.41, 5.74) is 3.66. The van der Waals surface area contributed by atoms with Crippen LogP contribution in [0.25, 0.3) is 17.2 Å². The molecule has 6 rings (SSSR count). The van der Waals surface area contributed by atoms with E-state index in [0.29, 0.717) is 41.8 Å². The van der Waals surface area contributed by atoms with Gasteiger partial charge in [0.25, 0.3) is 0 Å². The van der Waals surface area contributed by atoms with Crippen LogP contribution in [0.15, 0.2) is 54.1 Å². The Bertz CT molecular complexity index is 1960. The van der Waals surface area contributed by atoms with E-state index in [1.807, 2.05) is 51.9 Å². The third kappa shape index (κ3) is 5.79. The second-order valence-corrected chi connectivity index (χ2v) is 12.4. The van der Waals surface area contributed by atoms with E-state index in [1.165, 1.54) is 30.2 Å². The number of phenolic OH excluding ortho intramolecular Hbond substituents is 3. The molecule has 242 valence electrons. The Kier molecular flexibility index (Phi) is 7.99. The van der Waals surface area contributed by atoms with Gasteiger partial charge in [-0.05, 0) is 76.0 Å². The minimum atomic E-state index is -0.619. The number of amides is 1. The van der Waals surface area contributed by atoms with Gasteiger partial charge in [-0.2, -0.15) is 0 Å². The molecule has 3 aromatic rings. The summed E-state index contributed by atoms with van der Waals surface area (Å²) in [4.78, 5) is 27.7. The number of hydrogen-bond donors (Lipinski definition) is 3. The molecular formula is C37H35NO9. The summed E-state index contributed by atoms with van der Waals surface area (Å²) in [5, 5.41) is 30.9. The van der Waals surface area contributed by atoms with E-state index >= 15 is 0 Å².